The summed E-state index contributed by atoms with van der Waals surface area (Å²) in [5.74, 6) is 0.400. The molecular weight excluding hydrogens is 166 g/mol. The van der Waals surface area contributed by atoms with E-state index in [-0.39, 0.29) is 5.91 Å². The molecule has 0 saturated carbocycles. The zero-order chi connectivity index (χ0) is 9.68. The maximum Gasteiger partial charge on any atom is 0.218 e. The van der Waals surface area contributed by atoms with Crippen LogP contribution in [0.25, 0.3) is 0 Å². The number of rotatable bonds is 4. The third-order valence-corrected chi connectivity index (χ3v) is 2.61. The molecule has 1 amide bonds. The van der Waals surface area contributed by atoms with E-state index in [2.05, 4.69) is 4.90 Å². The largest absolute Gasteiger partial charge is 0.370 e. The molecule has 0 spiro atoms. The Morgan fingerprint density at radius 1 is 1.54 bits per heavy atom. The van der Waals surface area contributed by atoms with Crippen LogP contribution >= 0.6 is 0 Å². The van der Waals surface area contributed by atoms with Crippen LogP contribution in [0.1, 0.15) is 19.3 Å². The van der Waals surface area contributed by atoms with Gasteiger partial charge in [-0.05, 0) is 31.8 Å². The summed E-state index contributed by atoms with van der Waals surface area (Å²) in [6.45, 7) is 3.67. The van der Waals surface area contributed by atoms with Gasteiger partial charge in [0.05, 0.1) is 0 Å². The van der Waals surface area contributed by atoms with E-state index in [1.54, 1.807) is 0 Å². The number of piperidine rings is 1. The zero-order valence-electron chi connectivity index (χ0n) is 8.04. The Kier molecular flexibility index (Phi) is 4.18. The number of nitrogens with two attached hydrogens (primary N) is 2. The van der Waals surface area contributed by atoms with Crippen molar-refractivity contribution in [2.75, 3.05) is 26.2 Å². The molecule has 1 unspecified atom stereocenters. The lowest BCUT2D eigenvalue weighted by Crippen LogP contribution is -2.39. The Labute approximate surface area is 79.3 Å². The normalized spacial score (nSPS) is 24.5. The van der Waals surface area contributed by atoms with Crippen LogP contribution < -0.4 is 11.5 Å². The average molecular weight is 185 g/mol. The van der Waals surface area contributed by atoms with Gasteiger partial charge in [0.1, 0.15) is 0 Å². The second-order valence-corrected chi connectivity index (χ2v) is 3.76. The monoisotopic (exact) mass is 185 g/mol. The first-order valence-electron chi connectivity index (χ1n) is 4.93. The van der Waals surface area contributed by atoms with Gasteiger partial charge in [0.2, 0.25) is 5.91 Å². The quantitative estimate of drug-likeness (QED) is 0.622. The number of likely N-dealkylation sites (tertiary alicyclic amines) is 1. The highest BCUT2D eigenvalue weighted by molar-refractivity contribution is 5.73. The van der Waals surface area contributed by atoms with Crippen molar-refractivity contribution in [3.63, 3.8) is 0 Å². The number of carbonyl (C=O) groups excluding carboxylic acids is 1. The smallest absolute Gasteiger partial charge is 0.218 e. The Hall–Kier alpha value is -0.610. The van der Waals surface area contributed by atoms with Gasteiger partial charge in [-0.25, -0.2) is 0 Å². The second-order valence-electron chi connectivity index (χ2n) is 3.76. The van der Waals surface area contributed by atoms with Gasteiger partial charge in [-0.2, -0.15) is 0 Å². The summed E-state index contributed by atoms with van der Waals surface area (Å²) in [6, 6.07) is 0. The lowest BCUT2D eigenvalue weighted by molar-refractivity contribution is -0.118. The highest BCUT2D eigenvalue weighted by Gasteiger charge is 2.18. The SMILES string of the molecule is NCC1CCCN(CCC(N)=O)C1. The summed E-state index contributed by atoms with van der Waals surface area (Å²) < 4.78 is 0. The Bertz CT molecular complexity index is 172. The molecule has 1 atom stereocenters. The number of hydrogen-bond donors (Lipinski definition) is 2. The molecule has 1 heterocycles. The molecular formula is C9H19N3O. The fourth-order valence-corrected chi connectivity index (χ4v) is 1.82. The Balaban J connectivity index is 2.21. The third-order valence-electron chi connectivity index (χ3n) is 2.61. The predicted octanol–water partition coefficient (Wildman–Crippen LogP) is -0.467. The highest BCUT2D eigenvalue weighted by atomic mass is 16.1. The molecule has 1 rings (SSSR count). The van der Waals surface area contributed by atoms with E-state index in [4.69, 9.17) is 11.5 Å². The lowest BCUT2D eigenvalue weighted by Gasteiger charge is -2.31. The predicted molar refractivity (Wildman–Crippen MR) is 52.0 cm³/mol. The van der Waals surface area contributed by atoms with Gasteiger partial charge in [0, 0.05) is 19.5 Å². The van der Waals surface area contributed by atoms with Crippen molar-refractivity contribution in [2.45, 2.75) is 19.3 Å². The van der Waals surface area contributed by atoms with Crippen molar-refractivity contribution < 1.29 is 4.79 Å². The van der Waals surface area contributed by atoms with Crippen LogP contribution in [-0.4, -0.2) is 37.0 Å². The summed E-state index contributed by atoms with van der Waals surface area (Å²) in [4.78, 5) is 12.8. The van der Waals surface area contributed by atoms with Crippen molar-refractivity contribution in [2.24, 2.45) is 17.4 Å². The first-order chi connectivity index (χ1) is 6.22. The standard InChI is InChI=1S/C9H19N3O/c10-6-8-2-1-4-12(7-8)5-3-9(11)13/h8H,1-7,10H2,(H2,11,13). The van der Waals surface area contributed by atoms with Crippen LogP contribution in [0.15, 0.2) is 0 Å². The second kappa shape index (κ2) is 5.19. The molecule has 0 radical (unpaired) electrons. The Morgan fingerprint density at radius 3 is 2.92 bits per heavy atom. The van der Waals surface area contributed by atoms with Gasteiger partial charge in [-0.1, -0.05) is 0 Å². The lowest BCUT2D eigenvalue weighted by atomic mass is 9.98. The van der Waals surface area contributed by atoms with Crippen molar-refractivity contribution in [1.82, 2.24) is 4.90 Å². The molecule has 4 heteroatoms. The minimum Gasteiger partial charge on any atom is -0.370 e. The zero-order valence-corrected chi connectivity index (χ0v) is 8.04. The minimum absolute atomic E-state index is 0.213. The highest BCUT2D eigenvalue weighted by Crippen LogP contribution is 2.14. The number of hydrogen-bond acceptors (Lipinski definition) is 3. The first kappa shape index (κ1) is 10.5. The van der Waals surface area contributed by atoms with Gasteiger partial charge in [-0.15, -0.1) is 0 Å². The summed E-state index contributed by atoms with van der Waals surface area (Å²) >= 11 is 0. The van der Waals surface area contributed by atoms with E-state index in [0.717, 1.165) is 26.2 Å². The van der Waals surface area contributed by atoms with E-state index in [0.29, 0.717) is 12.3 Å². The summed E-state index contributed by atoms with van der Waals surface area (Å²) in [5, 5.41) is 0. The fraction of sp³-hybridized carbons (Fsp3) is 0.889. The van der Waals surface area contributed by atoms with Gasteiger partial charge < -0.3 is 16.4 Å². The van der Waals surface area contributed by atoms with Crippen LogP contribution in [0.5, 0.6) is 0 Å². The van der Waals surface area contributed by atoms with Crippen molar-refractivity contribution in [1.29, 1.82) is 0 Å². The molecule has 1 aliphatic rings. The van der Waals surface area contributed by atoms with Crippen LogP contribution in [0.2, 0.25) is 0 Å². The van der Waals surface area contributed by atoms with Gasteiger partial charge in [-0.3, -0.25) is 4.79 Å². The molecule has 4 N–H and O–H groups in total. The molecule has 76 valence electrons. The molecule has 0 bridgehead atoms. The molecule has 0 aromatic rings. The summed E-state index contributed by atoms with van der Waals surface area (Å²) in [7, 11) is 0. The maximum atomic E-state index is 10.6. The van der Waals surface area contributed by atoms with Crippen molar-refractivity contribution in [3.05, 3.63) is 0 Å². The third kappa shape index (κ3) is 3.74. The minimum atomic E-state index is -0.213. The molecule has 4 nitrogen and oxygen atoms in total. The van der Waals surface area contributed by atoms with E-state index >= 15 is 0 Å². The van der Waals surface area contributed by atoms with Crippen LogP contribution in [-0.2, 0) is 4.79 Å². The topological polar surface area (TPSA) is 72.3 Å². The van der Waals surface area contributed by atoms with Gasteiger partial charge in [0.25, 0.3) is 0 Å². The number of carbonyl (C=O) groups is 1. The maximum absolute atomic E-state index is 10.6. The fourth-order valence-electron chi connectivity index (χ4n) is 1.82. The van der Waals surface area contributed by atoms with Crippen molar-refractivity contribution in [3.8, 4) is 0 Å². The van der Waals surface area contributed by atoms with Gasteiger partial charge >= 0.3 is 0 Å². The van der Waals surface area contributed by atoms with Crippen LogP contribution in [0, 0.1) is 5.92 Å². The van der Waals surface area contributed by atoms with E-state index in [1.165, 1.54) is 12.8 Å². The molecule has 1 fully saturated rings. The van der Waals surface area contributed by atoms with Crippen LogP contribution in [0.3, 0.4) is 0 Å². The number of amides is 1. The van der Waals surface area contributed by atoms with E-state index in [9.17, 15) is 4.79 Å². The Morgan fingerprint density at radius 2 is 2.31 bits per heavy atom. The molecule has 1 saturated heterocycles. The molecule has 0 aromatic heterocycles. The number of primary amides is 1. The van der Waals surface area contributed by atoms with Gasteiger partial charge in [0.15, 0.2) is 0 Å². The molecule has 0 aliphatic carbocycles. The molecule has 0 aromatic carbocycles. The van der Waals surface area contributed by atoms with E-state index in [1.807, 2.05) is 0 Å². The molecule has 1 aliphatic heterocycles. The average Bonchev–Trinajstić information content (AvgIpc) is 2.15. The van der Waals surface area contributed by atoms with Crippen molar-refractivity contribution >= 4 is 5.91 Å². The summed E-state index contributed by atoms with van der Waals surface area (Å²) in [5.41, 5.74) is 10.7. The van der Waals surface area contributed by atoms with E-state index < -0.39 is 0 Å². The number of nitrogens with zero attached hydrogens (tertiary/aromatic N) is 1. The van der Waals surface area contributed by atoms with Crippen LogP contribution in [0.4, 0.5) is 0 Å². The first-order valence-corrected chi connectivity index (χ1v) is 4.93. The molecule has 13 heavy (non-hydrogen) atoms. The summed E-state index contributed by atoms with van der Waals surface area (Å²) in [6.07, 6.45) is 2.89.